The molecule has 0 unspecified atom stereocenters. The monoisotopic (exact) mass is 626 g/mol. The zero-order chi connectivity index (χ0) is 31.2. The summed E-state index contributed by atoms with van der Waals surface area (Å²) >= 11 is 1.28. The second-order valence-electron chi connectivity index (χ2n) is 11.5. The molecule has 0 spiro atoms. The predicted octanol–water partition coefficient (Wildman–Crippen LogP) is 6.47. The van der Waals surface area contributed by atoms with Crippen molar-refractivity contribution in [3.63, 3.8) is 0 Å². The lowest BCUT2D eigenvalue weighted by Gasteiger charge is -2.44. The highest BCUT2D eigenvalue weighted by atomic mass is 32.1. The zero-order valence-electron chi connectivity index (χ0n) is 25.2. The molecule has 226 valence electrons. The number of pyridine rings is 2. The van der Waals surface area contributed by atoms with Gasteiger partial charge in [-0.25, -0.2) is 14.4 Å². The van der Waals surface area contributed by atoms with Gasteiger partial charge in [-0.1, -0.05) is 81.4 Å². The lowest BCUT2D eigenvalue weighted by molar-refractivity contribution is 0.0436. The minimum absolute atomic E-state index is 0.105. The first-order chi connectivity index (χ1) is 21.2. The number of hydrogen-bond acceptors (Lipinski definition) is 7. The molecule has 2 aromatic carbocycles. The predicted molar refractivity (Wildman–Crippen MR) is 175 cm³/mol. The number of hydrogen-bond donors (Lipinski definition) is 1. The topological polar surface area (TPSA) is 86.2 Å². The lowest BCUT2D eigenvalue weighted by Crippen LogP contribution is -2.67. The van der Waals surface area contributed by atoms with E-state index in [2.05, 4.69) is 96.5 Å². The van der Waals surface area contributed by atoms with Crippen LogP contribution in [0.2, 0.25) is 5.04 Å². The minimum Gasteiger partial charge on any atom is -0.402 e. The molecule has 0 radical (unpaired) electrons. The Bertz CT molecular complexity index is 1640. The first-order valence-corrected chi connectivity index (χ1v) is 17.2. The highest BCUT2D eigenvalue weighted by molar-refractivity contribution is 7.14. The minimum atomic E-state index is -2.71. The highest BCUT2D eigenvalue weighted by Gasteiger charge is 2.51. The molecule has 0 aliphatic heterocycles. The van der Waals surface area contributed by atoms with Gasteiger partial charge < -0.3 is 9.16 Å². The maximum absolute atomic E-state index is 13.2. The number of nitrogens with zero attached hydrogens (tertiary/aromatic N) is 3. The maximum Gasteiger partial charge on any atom is 0.276 e. The van der Waals surface area contributed by atoms with Crippen LogP contribution in [0.5, 0.6) is 0 Å². The zero-order valence-corrected chi connectivity index (χ0v) is 27.0. The molecule has 5 aromatic rings. The number of amides is 1. The molecule has 0 aliphatic rings. The number of rotatable bonds is 11. The number of carbonyl (C=O) groups excluding carboxylic acids is 1. The molecule has 5 rings (SSSR count). The third kappa shape index (κ3) is 7.00. The Morgan fingerprint density at radius 2 is 1.64 bits per heavy atom. The summed E-state index contributed by atoms with van der Waals surface area (Å²) < 4.78 is 26.5. The summed E-state index contributed by atoms with van der Waals surface area (Å²) in [6.45, 7) is 9.48. The smallest absolute Gasteiger partial charge is 0.276 e. The van der Waals surface area contributed by atoms with E-state index in [4.69, 9.17) is 9.16 Å². The van der Waals surface area contributed by atoms with E-state index in [1.807, 2.05) is 29.6 Å². The summed E-state index contributed by atoms with van der Waals surface area (Å²) in [6, 6.07) is 27.4. The summed E-state index contributed by atoms with van der Waals surface area (Å²) in [4.78, 5) is 25.5. The number of ether oxygens (including phenoxy) is 1. The van der Waals surface area contributed by atoms with Crippen LogP contribution in [0, 0.1) is 5.82 Å². The van der Waals surface area contributed by atoms with Crippen molar-refractivity contribution in [1.29, 1.82) is 0 Å². The van der Waals surface area contributed by atoms with Crippen molar-refractivity contribution in [3.05, 3.63) is 120 Å². The van der Waals surface area contributed by atoms with Crippen LogP contribution < -0.4 is 15.7 Å². The van der Waals surface area contributed by atoms with Crippen molar-refractivity contribution in [2.24, 2.45) is 0 Å². The molecule has 1 atom stereocenters. The highest BCUT2D eigenvalue weighted by Crippen LogP contribution is 2.37. The first kappa shape index (κ1) is 31.3. The van der Waals surface area contributed by atoms with Crippen molar-refractivity contribution in [3.8, 4) is 11.3 Å². The molecule has 0 aliphatic carbocycles. The molecular weight excluding hydrogens is 592 g/mol. The van der Waals surface area contributed by atoms with Crippen LogP contribution in [0.1, 0.15) is 43.9 Å². The molecule has 3 aromatic heterocycles. The molecular formula is C34H35FN4O3SSi. The number of anilines is 1. The van der Waals surface area contributed by atoms with Crippen LogP contribution in [0.3, 0.4) is 0 Å². The Morgan fingerprint density at radius 3 is 2.25 bits per heavy atom. The van der Waals surface area contributed by atoms with Gasteiger partial charge in [0.25, 0.3) is 14.2 Å². The van der Waals surface area contributed by atoms with E-state index in [1.54, 1.807) is 6.20 Å². The van der Waals surface area contributed by atoms with Gasteiger partial charge in [0.05, 0.1) is 36.9 Å². The van der Waals surface area contributed by atoms with Crippen LogP contribution >= 0.6 is 11.3 Å². The Morgan fingerprint density at radius 1 is 0.955 bits per heavy atom. The summed E-state index contributed by atoms with van der Waals surface area (Å²) in [5.74, 6) is -0.969. The van der Waals surface area contributed by atoms with Gasteiger partial charge in [0.15, 0.2) is 5.13 Å². The second kappa shape index (κ2) is 13.7. The Hall–Kier alpha value is -4.09. The van der Waals surface area contributed by atoms with E-state index in [-0.39, 0.29) is 23.4 Å². The normalized spacial score (nSPS) is 12.6. The fourth-order valence-electron chi connectivity index (χ4n) is 5.26. The van der Waals surface area contributed by atoms with E-state index in [0.717, 1.165) is 17.5 Å². The van der Waals surface area contributed by atoms with E-state index >= 15 is 0 Å². The van der Waals surface area contributed by atoms with Crippen LogP contribution in [0.25, 0.3) is 11.3 Å². The number of benzene rings is 2. The van der Waals surface area contributed by atoms with E-state index < -0.39 is 20.0 Å². The van der Waals surface area contributed by atoms with E-state index in [0.29, 0.717) is 17.4 Å². The molecule has 44 heavy (non-hydrogen) atoms. The molecule has 10 heteroatoms. The fraction of sp³-hybridized carbons (Fsp3) is 0.235. The van der Waals surface area contributed by atoms with Crippen LogP contribution in [0.15, 0.2) is 103 Å². The number of thiazole rings is 1. The maximum atomic E-state index is 13.2. The quantitative estimate of drug-likeness (QED) is 0.169. The second-order valence-corrected chi connectivity index (χ2v) is 16.6. The molecule has 1 N–H and O–H groups in total. The van der Waals surface area contributed by atoms with Crippen molar-refractivity contribution >= 4 is 41.1 Å². The molecule has 0 saturated heterocycles. The average molecular weight is 627 g/mol. The summed E-state index contributed by atoms with van der Waals surface area (Å²) in [7, 11) is -2.71. The van der Waals surface area contributed by atoms with Crippen molar-refractivity contribution in [2.75, 3.05) is 11.9 Å². The first-order valence-electron chi connectivity index (χ1n) is 14.4. The van der Waals surface area contributed by atoms with Gasteiger partial charge in [0.1, 0.15) is 11.5 Å². The summed E-state index contributed by atoms with van der Waals surface area (Å²) in [5, 5.41) is 7.28. The third-order valence-corrected chi connectivity index (χ3v) is 13.2. The number of aromatic nitrogens is 3. The molecule has 0 bridgehead atoms. The van der Waals surface area contributed by atoms with Gasteiger partial charge in [-0.3, -0.25) is 15.1 Å². The van der Waals surface area contributed by atoms with Crippen LogP contribution in [-0.2, 0) is 15.8 Å². The molecule has 0 saturated carbocycles. The summed E-state index contributed by atoms with van der Waals surface area (Å²) in [6.07, 6.45) is 2.54. The lowest BCUT2D eigenvalue weighted by atomic mass is 10.1. The van der Waals surface area contributed by atoms with Crippen molar-refractivity contribution in [2.45, 2.75) is 45.4 Å². The molecule has 0 fully saturated rings. The van der Waals surface area contributed by atoms with Gasteiger partial charge in [0.2, 0.25) is 0 Å². The van der Waals surface area contributed by atoms with Crippen LogP contribution in [-0.4, -0.2) is 41.9 Å². The van der Waals surface area contributed by atoms with E-state index in [1.165, 1.54) is 33.8 Å². The SMILES string of the molecule is C[C@@H](COCc1ncccc1-c1csc(NC(=O)c2ccc(F)cn2)n1)O[Si](c1ccccc1)(c1ccccc1)C(C)(C)C. The Kier molecular flexibility index (Phi) is 9.75. The van der Waals surface area contributed by atoms with Gasteiger partial charge in [-0.15, -0.1) is 11.3 Å². The third-order valence-electron chi connectivity index (χ3n) is 7.24. The van der Waals surface area contributed by atoms with E-state index in [9.17, 15) is 9.18 Å². The van der Waals surface area contributed by atoms with Gasteiger partial charge in [0, 0.05) is 17.1 Å². The van der Waals surface area contributed by atoms with Gasteiger partial charge in [-0.05, 0) is 46.6 Å². The standard InChI is InChI=1S/C34H35FN4O3SSi/c1-24(42-44(34(2,3)4,26-12-7-5-8-13-26)27-14-9-6-10-15-27)21-41-22-30-28(16-11-19-36-30)31-23-43-33(38-31)39-32(40)29-18-17-25(35)20-37-29/h5-20,23-24H,21-22H2,1-4H3,(H,38,39,40)/t24-/m0/s1. The Labute approximate surface area is 262 Å². The number of carbonyl (C=O) groups is 1. The van der Waals surface area contributed by atoms with Crippen LogP contribution in [0.4, 0.5) is 9.52 Å². The largest absolute Gasteiger partial charge is 0.402 e. The summed E-state index contributed by atoms with van der Waals surface area (Å²) in [5.41, 5.74) is 2.31. The number of nitrogens with one attached hydrogen (secondary N) is 1. The number of halogens is 1. The molecule has 1 amide bonds. The van der Waals surface area contributed by atoms with Crippen molar-refractivity contribution in [1.82, 2.24) is 15.0 Å². The Balaban J connectivity index is 1.29. The fourth-order valence-corrected chi connectivity index (χ4v) is 10.7. The molecule has 3 heterocycles. The average Bonchev–Trinajstić information content (AvgIpc) is 3.49. The van der Waals surface area contributed by atoms with Crippen molar-refractivity contribution < 1.29 is 18.3 Å². The van der Waals surface area contributed by atoms with Gasteiger partial charge >= 0.3 is 0 Å². The molecule has 7 nitrogen and oxygen atoms in total. The van der Waals surface area contributed by atoms with Gasteiger partial charge in [-0.2, -0.15) is 0 Å².